The van der Waals surface area contributed by atoms with Gasteiger partial charge in [0.25, 0.3) is 5.91 Å². The maximum Gasteiger partial charge on any atom is 0.255 e. The highest BCUT2D eigenvalue weighted by Crippen LogP contribution is 2.31. The van der Waals surface area contributed by atoms with Gasteiger partial charge in [0.15, 0.2) is 0 Å². The number of aliphatic hydroxyl groups is 1. The number of rotatable bonds is 5. The molecule has 124 valence electrons. The fourth-order valence-electron chi connectivity index (χ4n) is 3.31. The van der Waals surface area contributed by atoms with Gasteiger partial charge in [-0.25, -0.2) is 0 Å². The lowest BCUT2D eigenvalue weighted by Crippen LogP contribution is -2.43. The van der Waals surface area contributed by atoms with Crippen molar-refractivity contribution >= 4 is 5.91 Å². The molecule has 1 aliphatic rings. The monoisotopic (exact) mass is 323 g/mol. The smallest absolute Gasteiger partial charge is 0.255 e. The highest BCUT2D eigenvalue weighted by Gasteiger charge is 2.35. The molecular formula is C19H21N3O2. The van der Waals surface area contributed by atoms with Crippen LogP contribution < -0.4 is 0 Å². The quantitative estimate of drug-likeness (QED) is 0.888. The van der Waals surface area contributed by atoms with Crippen molar-refractivity contribution in [3.05, 3.63) is 59.4 Å². The number of aromatic amines is 1. The maximum absolute atomic E-state index is 12.9. The molecule has 0 aliphatic heterocycles. The summed E-state index contributed by atoms with van der Waals surface area (Å²) in [7, 11) is 0. The summed E-state index contributed by atoms with van der Waals surface area (Å²) in [6, 6.07) is 13.3. The van der Waals surface area contributed by atoms with E-state index in [4.69, 9.17) is 5.26 Å². The summed E-state index contributed by atoms with van der Waals surface area (Å²) in [6.45, 7) is 0.753. The predicted molar refractivity (Wildman–Crippen MR) is 90.1 cm³/mol. The summed E-state index contributed by atoms with van der Waals surface area (Å²) >= 11 is 0. The number of nitriles is 1. The molecule has 0 atom stereocenters. The third-order valence-corrected chi connectivity index (χ3v) is 4.57. The largest absolute Gasteiger partial charge is 0.388 e. The van der Waals surface area contributed by atoms with Crippen molar-refractivity contribution in [3.8, 4) is 6.07 Å². The SMILES string of the molecule is N#Cc1cc(C(=O)N(Cc2ccccc2)CC2(O)CCCC2)c[nH]1. The van der Waals surface area contributed by atoms with Gasteiger partial charge < -0.3 is 15.0 Å². The molecular weight excluding hydrogens is 302 g/mol. The van der Waals surface area contributed by atoms with Crippen molar-refractivity contribution in [1.29, 1.82) is 5.26 Å². The van der Waals surface area contributed by atoms with Crippen LogP contribution in [0.5, 0.6) is 0 Å². The van der Waals surface area contributed by atoms with Crippen molar-refractivity contribution in [3.63, 3.8) is 0 Å². The Bertz CT molecular complexity index is 739. The van der Waals surface area contributed by atoms with E-state index in [-0.39, 0.29) is 5.91 Å². The molecule has 1 aliphatic carbocycles. The zero-order chi connectivity index (χ0) is 17.0. The number of carbonyl (C=O) groups is 1. The zero-order valence-corrected chi connectivity index (χ0v) is 13.5. The molecule has 24 heavy (non-hydrogen) atoms. The Balaban J connectivity index is 1.83. The molecule has 1 aromatic carbocycles. The second-order valence-electron chi connectivity index (χ2n) is 6.49. The molecule has 1 heterocycles. The minimum Gasteiger partial charge on any atom is -0.388 e. The molecule has 0 bridgehead atoms. The van der Waals surface area contributed by atoms with Gasteiger partial charge in [-0.2, -0.15) is 5.26 Å². The first-order valence-corrected chi connectivity index (χ1v) is 8.24. The summed E-state index contributed by atoms with van der Waals surface area (Å²) in [5.41, 5.74) is 1.02. The number of aromatic nitrogens is 1. The molecule has 3 rings (SSSR count). The molecule has 2 aromatic rings. The van der Waals surface area contributed by atoms with E-state index in [1.54, 1.807) is 17.2 Å². The molecule has 0 spiro atoms. The average Bonchev–Trinajstić information content (AvgIpc) is 3.24. The van der Waals surface area contributed by atoms with Crippen LogP contribution in [0.25, 0.3) is 0 Å². The highest BCUT2D eigenvalue weighted by molar-refractivity contribution is 5.94. The van der Waals surface area contributed by atoms with Gasteiger partial charge in [-0.1, -0.05) is 43.2 Å². The number of hydrogen-bond acceptors (Lipinski definition) is 3. The Labute approximate surface area is 141 Å². The second kappa shape index (κ2) is 6.90. The summed E-state index contributed by atoms with van der Waals surface area (Å²) in [4.78, 5) is 17.4. The van der Waals surface area contributed by atoms with E-state index in [1.165, 1.54) is 0 Å². The molecule has 5 heteroatoms. The number of nitrogens with zero attached hydrogens (tertiary/aromatic N) is 2. The molecule has 0 unspecified atom stereocenters. The fraction of sp³-hybridized carbons (Fsp3) is 0.368. The molecule has 1 saturated carbocycles. The Morgan fingerprint density at radius 1 is 1.29 bits per heavy atom. The lowest BCUT2D eigenvalue weighted by Gasteiger charge is -2.31. The Morgan fingerprint density at radius 3 is 2.62 bits per heavy atom. The lowest BCUT2D eigenvalue weighted by molar-refractivity contribution is 0.00786. The van der Waals surface area contributed by atoms with Crippen LogP contribution in [0.4, 0.5) is 0 Å². The van der Waals surface area contributed by atoms with Crippen molar-refractivity contribution in [2.45, 2.75) is 37.8 Å². The lowest BCUT2D eigenvalue weighted by atomic mass is 10.0. The van der Waals surface area contributed by atoms with E-state index < -0.39 is 5.60 Å². The van der Waals surface area contributed by atoms with E-state index in [9.17, 15) is 9.90 Å². The van der Waals surface area contributed by atoms with Gasteiger partial charge in [0.05, 0.1) is 17.7 Å². The number of H-pyrrole nitrogens is 1. The van der Waals surface area contributed by atoms with E-state index in [2.05, 4.69) is 4.98 Å². The van der Waals surface area contributed by atoms with Crippen LogP contribution in [-0.4, -0.2) is 33.0 Å². The number of benzene rings is 1. The number of amides is 1. The molecule has 0 radical (unpaired) electrons. The normalized spacial score (nSPS) is 15.8. The van der Waals surface area contributed by atoms with Crippen LogP contribution in [0, 0.1) is 11.3 Å². The number of carbonyl (C=O) groups excluding carboxylic acids is 1. The van der Waals surface area contributed by atoms with Crippen molar-refractivity contribution in [1.82, 2.24) is 9.88 Å². The van der Waals surface area contributed by atoms with Crippen molar-refractivity contribution in [2.24, 2.45) is 0 Å². The van der Waals surface area contributed by atoms with Gasteiger partial charge >= 0.3 is 0 Å². The third-order valence-electron chi connectivity index (χ3n) is 4.57. The Kier molecular flexibility index (Phi) is 4.68. The molecule has 1 aromatic heterocycles. The van der Waals surface area contributed by atoms with E-state index in [0.29, 0.717) is 24.3 Å². The van der Waals surface area contributed by atoms with Gasteiger partial charge in [-0.15, -0.1) is 0 Å². The first kappa shape index (κ1) is 16.3. The van der Waals surface area contributed by atoms with E-state index in [0.717, 1.165) is 31.2 Å². The summed E-state index contributed by atoms with van der Waals surface area (Å²) in [5.74, 6) is -0.170. The molecule has 1 fully saturated rings. The van der Waals surface area contributed by atoms with Crippen molar-refractivity contribution < 1.29 is 9.90 Å². The standard InChI is InChI=1S/C19H21N3O2/c20-11-17-10-16(12-21-17)18(23)22(13-15-6-2-1-3-7-15)14-19(24)8-4-5-9-19/h1-3,6-7,10,12,21,24H,4-5,8-9,13-14H2. The summed E-state index contributed by atoms with van der Waals surface area (Å²) in [5, 5.41) is 19.7. The van der Waals surface area contributed by atoms with Gasteiger partial charge in [0.2, 0.25) is 0 Å². The molecule has 1 amide bonds. The van der Waals surface area contributed by atoms with Crippen LogP contribution >= 0.6 is 0 Å². The fourth-order valence-corrected chi connectivity index (χ4v) is 3.31. The predicted octanol–water partition coefficient (Wildman–Crippen LogP) is 2.83. The van der Waals surface area contributed by atoms with Crippen molar-refractivity contribution in [2.75, 3.05) is 6.54 Å². The summed E-state index contributed by atoms with van der Waals surface area (Å²) < 4.78 is 0. The van der Waals surface area contributed by atoms with Crippen LogP contribution in [0.15, 0.2) is 42.6 Å². The number of hydrogen-bond donors (Lipinski definition) is 2. The van der Waals surface area contributed by atoms with Crippen LogP contribution in [0.2, 0.25) is 0 Å². The molecule has 2 N–H and O–H groups in total. The van der Waals surface area contributed by atoms with Crippen LogP contribution in [-0.2, 0) is 6.54 Å². The molecule has 5 nitrogen and oxygen atoms in total. The first-order chi connectivity index (χ1) is 11.6. The Hall–Kier alpha value is -2.58. The average molecular weight is 323 g/mol. The third kappa shape index (κ3) is 3.66. The van der Waals surface area contributed by atoms with Crippen LogP contribution in [0.3, 0.4) is 0 Å². The number of nitrogens with one attached hydrogen (secondary N) is 1. The van der Waals surface area contributed by atoms with E-state index >= 15 is 0 Å². The highest BCUT2D eigenvalue weighted by atomic mass is 16.3. The topological polar surface area (TPSA) is 80.1 Å². The van der Waals surface area contributed by atoms with Gasteiger partial charge in [-0.3, -0.25) is 4.79 Å². The second-order valence-corrected chi connectivity index (χ2v) is 6.49. The maximum atomic E-state index is 12.9. The van der Waals surface area contributed by atoms with Gasteiger partial charge in [-0.05, 0) is 24.5 Å². The van der Waals surface area contributed by atoms with Crippen LogP contribution in [0.1, 0.15) is 47.3 Å². The zero-order valence-electron chi connectivity index (χ0n) is 13.5. The first-order valence-electron chi connectivity index (χ1n) is 8.24. The summed E-state index contributed by atoms with van der Waals surface area (Å²) in [6.07, 6.45) is 4.99. The van der Waals surface area contributed by atoms with Gasteiger partial charge in [0.1, 0.15) is 11.8 Å². The minimum absolute atomic E-state index is 0.170. The Morgan fingerprint density at radius 2 is 2.00 bits per heavy atom. The van der Waals surface area contributed by atoms with Gasteiger partial charge in [0, 0.05) is 12.7 Å². The minimum atomic E-state index is -0.807. The van der Waals surface area contributed by atoms with E-state index in [1.807, 2.05) is 36.4 Å². The molecule has 0 saturated heterocycles.